The van der Waals surface area contributed by atoms with E-state index in [1.807, 2.05) is 6.07 Å². The molecule has 0 saturated carbocycles. The highest BCUT2D eigenvalue weighted by Crippen LogP contribution is 2.23. The maximum absolute atomic E-state index is 13.0. The first kappa shape index (κ1) is 14.5. The van der Waals surface area contributed by atoms with Crippen LogP contribution in [0.25, 0.3) is 0 Å². The van der Waals surface area contributed by atoms with Crippen LogP contribution in [0.2, 0.25) is 0 Å². The van der Waals surface area contributed by atoms with Crippen LogP contribution in [0.15, 0.2) is 29.2 Å². The molecule has 1 nitrogen and oxygen atoms in total. The predicted molar refractivity (Wildman–Crippen MR) is 74.1 cm³/mol. The van der Waals surface area contributed by atoms with Crippen LogP contribution in [-0.2, 0) is 0 Å². The number of halogens is 1. The fourth-order valence-corrected chi connectivity index (χ4v) is 2.70. The van der Waals surface area contributed by atoms with Crippen LogP contribution in [0.3, 0.4) is 0 Å². The zero-order valence-corrected chi connectivity index (χ0v) is 11.7. The topological polar surface area (TPSA) is 12.0 Å². The third-order valence-electron chi connectivity index (χ3n) is 2.61. The van der Waals surface area contributed by atoms with Crippen molar-refractivity contribution in [2.75, 3.05) is 6.54 Å². The Morgan fingerprint density at radius 1 is 1.35 bits per heavy atom. The van der Waals surface area contributed by atoms with Gasteiger partial charge in [-0.1, -0.05) is 26.3 Å². The fraction of sp³-hybridized carbons (Fsp3) is 0.571. The minimum Gasteiger partial charge on any atom is -0.313 e. The minimum absolute atomic E-state index is 0.158. The van der Waals surface area contributed by atoms with Crippen LogP contribution in [0.1, 0.15) is 33.6 Å². The molecule has 17 heavy (non-hydrogen) atoms. The van der Waals surface area contributed by atoms with Gasteiger partial charge < -0.3 is 5.32 Å². The molecule has 0 aromatic heterocycles. The van der Waals surface area contributed by atoms with Crippen LogP contribution < -0.4 is 5.32 Å². The highest BCUT2D eigenvalue weighted by Gasteiger charge is 2.07. The van der Waals surface area contributed by atoms with E-state index in [1.165, 1.54) is 18.9 Å². The normalized spacial score (nSPS) is 14.6. The standard InChI is InChI=1S/C14H22FNS/c1-4-6-11(2)16-10-12(3)17-14-8-5-7-13(15)9-14/h5,7-9,11-12,16H,4,6,10H2,1-3H3. The molecule has 0 heterocycles. The van der Waals surface area contributed by atoms with Gasteiger partial charge in [-0.3, -0.25) is 0 Å². The summed E-state index contributed by atoms with van der Waals surface area (Å²) < 4.78 is 13.0. The smallest absolute Gasteiger partial charge is 0.124 e. The van der Waals surface area contributed by atoms with E-state index in [0.717, 1.165) is 11.4 Å². The number of benzene rings is 1. The van der Waals surface area contributed by atoms with Gasteiger partial charge in [-0.25, -0.2) is 4.39 Å². The van der Waals surface area contributed by atoms with Crippen molar-refractivity contribution in [3.8, 4) is 0 Å². The maximum atomic E-state index is 13.0. The van der Waals surface area contributed by atoms with E-state index in [0.29, 0.717) is 11.3 Å². The molecule has 0 saturated heterocycles. The first-order valence-corrected chi connectivity index (χ1v) is 7.15. The molecule has 0 spiro atoms. The average Bonchev–Trinajstić information content (AvgIpc) is 2.27. The Hall–Kier alpha value is -0.540. The van der Waals surface area contributed by atoms with Crippen molar-refractivity contribution in [3.63, 3.8) is 0 Å². The number of thioether (sulfide) groups is 1. The SMILES string of the molecule is CCCC(C)NCC(C)Sc1cccc(F)c1. The lowest BCUT2D eigenvalue weighted by Crippen LogP contribution is -2.31. The second-order valence-electron chi connectivity index (χ2n) is 4.48. The van der Waals surface area contributed by atoms with Crippen molar-refractivity contribution < 1.29 is 4.39 Å². The van der Waals surface area contributed by atoms with Crippen molar-refractivity contribution in [3.05, 3.63) is 30.1 Å². The Morgan fingerprint density at radius 3 is 2.76 bits per heavy atom. The van der Waals surface area contributed by atoms with E-state index in [-0.39, 0.29) is 5.82 Å². The Balaban J connectivity index is 2.32. The van der Waals surface area contributed by atoms with Crippen LogP contribution in [0.5, 0.6) is 0 Å². The van der Waals surface area contributed by atoms with E-state index in [9.17, 15) is 4.39 Å². The van der Waals surface area contributed by atoms with Gasteiger partial charge in [-0.05, 0) is 31.5 Å². The van der Waals surface area contributed by atoms with Crippen molar-refractivity contribution in [2.24, 2.45) is 0 Å². The van der Waals surface area contributed by atoms with Gasteiger partial charge in [0, 0.05) is 22.7 Å². The molecular formula is C14H22FNS. The predicted octanol–water partition coefficient (Wildman–Crippen LogP) is 4.08. The largest absolute Gasteiger partial charge is 0.313 e. The Kier molecular flexibility index (Phi) is 6.60. The first-order valence-electron chi connectivity index (χ1n) is 6.27. The van der Waals surface area contributed by atoms with Gasteiger partial charge in [0.15, 0.2) is 0 Å². The van der Waals surface area contributed by atoms with Crippen molar-refractivity contribution >= 4 is 11.8 Å². The number of rotatable bonds is 7. The van der Waals surface area contributed by atoms with E-state index in [1.54, 1.807) is 23.9 Å². The first-order chi connectivity index (χ1) is 8.11. The summed E-state index contributed by atoms with van der Waals surface area (Å²) in [5.74, 6) is -0.158. The Bertz CT molecular complexity index is 330. The van der Waals surface area contributed by atoms with E-state index in [2.05, 4.69) is 26.1 Å². The molecule has 2 unspecified atom stereocenters. The molecule has 0 fully saturated rings. The highest BCUT2D eigenvalue weighted by atomic mass is 32.2. The summed E-state index contributed by atoms with van der Waals surface area (Å²) in [6.45, 7) is 7.54. The minimum atomic E-state index is -0.158. The summed E-state index contributed by atoms with van der Waals surface area (Å²) in [6.07, 6.45) is 2.41. The lowest BCUT2D eigenvalue weighted by molar-refractivity contribution is 0.511. The third-order valence-corrected chi connectivity index (χ3v) is 3.70. The van der Waals surface area contributed by atoms with Crippen molar-refractivity contribution in [1.82, 2.24) is 5.32 Å². The summed E-state index contributed by atoms with van der Waals surface area (Å²) in [5, 5.41) is 3.96. The van der Waals surface area contributed by atoms with Crippen molar-refractivity contribution in [2.45, 2.75) is 49.8 Å². The van der Waals surface area contributed by atoms with Gasteiger partial charge in [0.2, 0.25) is 0 Å². The quantitative estimate of drug-likeness (QED) is 0.737. The maximum Gasteiger partial charge on any atom is 0.124 e. The molecule has 1 N–H and O–H groups in total. The molecule has 1 aromatic rings. The molecular weight excluding hydrogens is 233 g/mol. The van der Waals surface area contributed by atoms with E-state index < -0.39 is 0 Å². The van der Waals surface area contributed by atoms with Gasteiger partial charge in [0.25, 0.3) is 0 Å². The average molecular weight is 255 g/mol. The summed E-state index contributed by atoms with van der Waals surface area (Å²) in [6, 6.07) is 7.36. The Morgan fingerprint density at radius 2 is 2.12 bits per heavy atom. The summed E-state index contributed by atoms with van der Waals surface area (Å²) in [5.41, 5.74) is 0. The number of hydrogen-bond donors (Lipinski definition) is 1. The molecule has 3 heteroatoms. The van der Waals surface area contributed by atoms with Gasteiger partial charge in [-0.15, -0.1) is 11.8 Å². The summed E-state index contributed by atoms with van der Waals surface area (Å²) in [7, 11) is 0. The molecule has 1 aromatic carbocycles. The lowest BCUT2D eigenvalue weighted by Gasteiger charge is -2.17. The third kappa shape index (κ3) is 6.08. The zero-order valence-electron chi connectivity index (χ0n) is 10.9. The van der Waals surface area contributed by atoms with Gasteiger partial charge in [-0.2, -0.15) is 0 Å². The monoisotopic (exact) mass is 255 g/mol. The molecule has 0 amide bonds. The second-order valence-corrected chi connectivity index (χ2v) is 6.00. The van der Waals surface area contributed by atoms with Gasteiger partial charge in [0.05, 0.1) is 0 Å². The van der Waals surface area contributed by atoms with Crippen LogP contribution in [0, 0.1) is 5.82 Å². The molecule has 1 rings (SSSR count). The molecule has 96 valence electrons. The van der Waals surface area contributed by atoms with Crippen LogP contribution in [-0.4, -0.2) is 17.8 Å². The molecule has 0 aliphatic heterocycles. The zero-order chi connectivity index (χ0) is 12.7. The van der Waals surface area contributed by atoms with E-state index in [4.69, 9.17) is 0 Å². The van der Waals surface area contributed by atoms with Gasteiger partial charge >= 0.3 is 0 Å². The Labute approximate surface area is 108 Å². The summed E-state index contributed by atoms with van der Waals surface area (Å²) in [4.78, 5) is 1.00. The van der Waals surface area contributed by atoms with Gasteiger partial charge in [0.1, 0.15) is 5.82 Å². The molecule has 2 atom stereocenters. The fourth-order valence-electron chi connectivity index (χ4n) is 1.72. The van der Waals surface area contributed by atoms with Crippen LogP contribution >= 0.6 is 11.8 Å². The molecule has 0 bridgehead atoms. The number of hydrogen-bond acceptors (Lipinski definition) is 2. The number of nitrogens with one attached hydrogen (secondary N) is 1. The van der Waals surface area contributed by atoms with E-state index >= 15 is 0 Å². The lowest BCUT2D eigenvalue weighted by atomic mass is 10.2. The van der Waals surface area contributed by atoms with Crippen molar-refractivity contribution in [1.29, 1.82) is 0 Å². The second kappa shape index (κ2) is 7.72. The molecule has 0 aliphatic carbocycles. The molecule has 0 radical (unpaired) electrons. The molecule has 0 aliphatic rings. The van der Waals surface area contributed by atoms with Crippen LogP contribution in [0.4, 0.5) is 4.39 Å². The highest BCUT2D eigenvalue weighted by molar-refractivity contribution is 8.00. The summed E-state index contributed by atoms with van der Waals surface area (Å²) >= 11 is 1.72.